The minimum Gasteiger partial charge on any atom is -0.476 e. The second kappa shape index (κ2) is 6.33. The molecule has 0 unspecified atom stereocenters. The van der Waals surface area contributed by atoms with Crippen LogP contribution in [0, 0.1) is 0 Å². The Morgan fingerprint density at radius 2 is 2.10 bits per heavy atom. The average Bonchev–Trinajstić information content (AvgIpc) is 2.72. The second-order valence-corrected chi connectivity index (χ2v) is 5.71. The summed E-state index contributed by atoms with van der Waals surface area (Å²) in [6.45, 7) is 3.45. The van der Waals surface area contributed by atoms with Crippen molar-refractivity contribution in [3.05, 3.63) is 16.1 Å². The molecule has 5 N–H and O–H groups in total. The number of primary amides is 1. The van der Waals surface area contributed by atoms with Crippen LogP contribution in [-0.2, 0) is 11.3 Å². The van der Waals surface area contributed by atoms with E-state index in [4.69, 9.17) is 10.8 Å². The summed E-state index contributed by atoms with van der Waals surface area (Å²) in [7, 11) is 0. The molecule has 0 bridgehead atoms. The van der Waals surface area contributed by atoms with Crippen LogP contribution in [0.2, 0.25) is 0 Å². The monoisotopic (exact) mass is 300 g/mol. The lowest BCUT2D eigenvalue weighted by atomic mass is 10.0. The number of hydrogen-bond donors (Lipinski definition) is 4. The topological polar surface area (TPSA) is 134 Å². The number of aromatic nitrogens is 1. The lowest BCUT2D eigenvalue weighted by Gasteiger charge is -2.24. The van der Waals surface area contributed by atoms with E-state index in [2.05, 4.69) is 15.6 Å². The number of urea groups is 1. The number of aromatic carboxylic acids is 1. The molecule has 0 spiro atoms. The summed E-state index contributed by atoms with van der Waals surface area (Å²) < 4.78 is 0. The smallest absolute Gasteiger partial charge is 0.355 e. The van der Waals surface area contributed by atoms with Crippen molar-refractivity contribution >= 4 is 29.2 Å². The highest BCUT2D eigenvalue weighted by molar-refractivity contribution is 7.09. The summed E-state index contributed by atoms with van der Waals surface area (Å²) >= 11 is 1.14. The van der Waals surface area contributed by atoms with Crippen molar-refractivity contribution in [3.63, 3.8) is 0 Å². The lowest BCUT2D eigenvalue weighted by molar-refractivity contribution is -0.119. The fraction of sp³-hybridized carbons (Fsp3) is 0.455. The number of hydrogen-bond acceptors (Lipinski definition) is 5. The highest BCUT2D eigenvalue weighted by atomic mass is 32.1. The SMILES string of the molecule is CC(C)(CC(N)=O)NC(=O)NCc1nc(C(=O)O)cs1. The Morgan fingerprint density at radius 1 is 1.45 bits per heavy atom. The van der Waals surface area contributed by atoms with Crippen LogP contribution >= 0.6 is 11.3 Å². The zero-order valence-corrected chi connectivity index (χ0v) is 11.9. The van der Waals surface area contributed by atoms with Crippen molar-refractivity contribution in [3.8, 4) is 0 Å². The van der Waals surface area contributed by atoms with Gasteiger partial charge in [0.1, 0.15) is 5.01 Å². The summed E-state index contributed by atoms with van der Waals surface area (Å²) in [5.41, 5.74) is 4.26. The number of carbonyl (C=O) groups excluding carboxylic acids is 2. The molecule has 0 aliphatic carbocycles. The Hall–Kier alpha value is -2.16. The zero-order chi connectivity index (χ0) is 15.3. The molecule has 1 aromatic rings. The van der Waals surface area contributed by atoms with Crippen LogP contribution in [0.5, 0.6) is 0 Å². The van der Waals surface area contributed by atoms with Crippen molar-refractivity contribution in [2.45, 2.75) is 32.4 Å². The maximum absolute atomic E-state index is 11.6. The molecule has 0 atom stereocenters. The normalized spacial score (nSPS) is 10.9. The van der Waals surface area contributed by atoms with E-state index in [1.807, 2.05) is 0 Å². The summed E-state index contributed by atoms with van der Waals surface area (Å²) in [6, 6.07) is -0.483. The van der Waals surface area contributed by atoms with Gasteiger partial charge in [-0.1, -0.05) is 0 Å². The van der Waals surface area contributed by atoms with Gasteiger partial charge in [-0.05, 0) is 13.8 Å². The Kier molecular flexibility index (Phi) is 5.03. The van der Waals surface area contributed by atoms with Gasteiger partial charge in [0.2, 0.25) is 5.91 Å². The molecule has 9 heteroatoms. The van der Waals surface area contributed by atoms with Crippen LogP contribution < -0.4 is 16.4 Å². The minimum absolute atomic E-state index is 0.0147. The summed E-state index contributed by atoms with van der Waals surface area (Å²) in [4.78, 5) is 36.9. The molecular weight excluding hydrogens is 284 g/mol. The van der Waals surface area contributed by atoms with E-state index in [-0.39, 0.29) is 18.7 Å². The molecule has 0 aliphatic rings. The van der Waals surface area contributed by atoms with E-state index in [1.54, 1.807) is 13.8 Å². The van der Waals surface area contributed by atoms with Crippen molar-refractivity contribution < 1.29 is 19.5 Å². The van der Waals surface area contributed by atoms with Crippen LogP contribution in [0.25, 0.3) is 0 Å². The van der Waals surface area contributed by atoms with Crippen molar-refractivity contribution in [2.75, 3.05) is 0 Å². The third-order valence-electron chi connectivity index (χ3n) is 2.24. The van der Waals surface area contributed by atoms with Gasteiger partial charge in [-0.3, -0.25) is 4.79 Å². The first kappa shape index (κ1) is 15.9. The molecule has 1 heterocycles. The van der Waals surface area contributed by atoms with Gasteiger partial charge >= 0.3 is 12.0 Å². The maximum Gasteiger partial charge on any atom is 0.355 e. The van der Waals surface area contributed by atoms with E-state index in [9.17, 15) is 14.4 Å². The Balaban J connectivity index is 2.46. The van der Waals surface area contributed by atoms with E-state index < -0.39 is 23.4 Å². The summed E-state index contributed by atoms with van der Waals surface area (Å²) in [5.74, 6) is -1.62. The maximum atomic E-state index is 11.6. The number of thiazole rings is 1. The number of nitrogens with one attached hydrogen (secondary N) is 2. The number of nitrogens with zero attached hydrogens (tertiary/aromatic N) is 1. The first-order chi connectivity index (χ1) is 9.19. The molecule has 0 aliphatic heterocycles. The number of rotatable bonds is 6. The standard InChI is InChI=1S/C11H16N4O4S/c1-11(2,3-7(12)16)15-10(19)13-4-8-14-6(5-20-8)9(17)18/h5H,3-4H2,1-2H3,(H2,12,16)(H,17,18)(H2,13,15,19). The predicted octanol–water partition coefficient (Wildman–Crippen LogP) is 0.294. The van der Waals surface area contributed by atoms with Gasteiger partial charge in [0, 0.05) is 17.3 Å². The Morgan fingerprint density at radius 3 is 2.60 bits per heavy atom. The van der Waals surface area contributed by atoms with E-state index in [1.165, 1.54) is 5.38 Å². The number of carbonyl (C=O) groups is 3. The molecule has 0 saturated carbocycles. The highest BCUT2D eigenvalue weighted by Gasteiger charge is 2.22. The molecule has 20 heavy (non-hydrogen) atoms. The largest absolute Gasteiger partial charge is 0.476 e. The molecular formula is C11H16N4O4S. The van der Waals surface area contributed by atoms with Crippen molar-refractivity contribution in [1.82, 2.24) is 15.6 Å². The van der Waals surface area contributed by atoms with Crippen LogP contribution in [0.3, 0.4) is 0 Å². The molecule has 3 amide bonds. The summed E-state index contributed by atoms with van der Waals surface area (Å²) in [6.07, 6.45) is 0.0147. The molecule has 1 aromatic heterocycles. The van der Waals surface area contributed by atoms with Gasteiger partial charge < -0.3 is 21.5 Å². The predicted molar refractivity (Wildman–Crippen MR) is 72.3 cm³/mol. The van der Waals surface area contributed by atoms with Crippen molar-refractivity contribution in [2.24, 2.45) is 5.73 Å². The zero-order valence-electron chi connectivity index (χ0n) is 11.1. The molecule has 0 fully saturated rings. The number of nitrogens with two attached hydrogens (primary N) is 1. The molecule has 0 aromatic carbocycles. The minimum atomic E-state index is -1.11. The second-order valence-electron chi connectivity index (χ2n) is 4.77. The quantitative estimate of drug-likeness (QED) is 0.599. The van der Waals surface area contributed by atoms with Gasteiger partial charge in [0.25, 0.3) is 0 Å². The van der Waals surface area contributed by atoms with Crippen LogP contribution in [0.15, 0.2) is 5.38 Å². The summed E-state index contributed by atoms with van der Waals surface area (Å²) in [5, 5.41) is 15.7. The van der Waals surface area contributed by atoms with Crippen LogP contribution in [0.4, 0.5) is 4.79 Å². The van der Waals surface area contributed by atoms with Crippen LogP contribution in [0.1, 0.15) is 35.8 Å². The molecule has 1 rings (SSSR count). The first-order valence-electron chi connectivity index (χ1n) is 5.71. The lowest BCUT2D eigenvalue weighted by Crippen LogP contribution is -2.49. The third kappa shape index (κ3) is 5.22. The number of carboxylic acid groups (broad SMARTS) is 1. The van der Waals surface area contributed by atoms with Crippen LogP contribution in [-0.4, -0.2) is 33.5 Å². The van der Waals surface area contributed by atoms with E-state index >= 15 is 0 Å². The Labute approximate surface area is 119 Å². The Bertz CT molecular complexity index is 526. The van der Waals surface area contributed by atoms with E-state index in [0.717, 1.165) is 11.3 Å². The van der Waals surface area contributed by atoms with Gasteiger partial charge in [0.15, 0.2) is 5.69 Å². The van der Waals surface area contributed by atoms with Gasteiger partial charge in [-0.2, -0.15) is 0 Å². The first-order valence-corrected chi connectivity index (χ1v) is 6.59. The van der Waals surface area contributed by atoms with E-state index in [0.29, 0.717) is 5.01 Å². The fourth-order valence-corrected chi connectivity index (χ4v) is 2.19. The number of amides is 3. The third-order valence-corrected chi connectivity index (χ3v) is 3.09. The van der Waals surface area contributed by atoms with Gasteiger partial charge in [-0.25, -0.2) is 14.6 Å². The molecule has 0 radical (unpaired) electrons. The highest BCUT2D eigenvalue weighted by Crippen LogP contribution is 2.10. The average molecular weight is 300 g/mol. The van der Waals surface area contributed by atoms with Gasteiger partial charge in [0.05, 0.1) is 6.54 Å². The molecule has 110 valence electrons. The van der Waals surface area contributed by atoms with Gasteiger partial charge in [-0.15, -0.1) is 11.3 Å². The molecule has 8 nitrogen and oxygen atoms in total. The van der Waals surface area contributed by atoms with Crippen molar-refractivity contribution in [1.29, 1.82) is 0 Å². The molecule has 0 saturated heterocycles. The number of carboxylic acids is 1. The fourth-order valence-electron chi connectivity index (χ4n) is 1.48.